The third-order valence-corrected chi connectivity index (χ3v) is 0.471. The minimum atomic E-state index is 0.0278. The highest BCUT2D eigenvalue weighted by atomic mass is 35.5. The predicted octanol–water partition coefficient (Wildman–Crippen LogP) is -0.880. The number of hydrogen-bond donors (Lipinski definition) is 3. The Morgan fingerprint density at radius 1 is 1.00 bits per heavy atom. The van der Waals surface area contributed by atoms with Crippen molar-refractivity contribution in [3.05, 3.63) is 0 Å². The Morgan fingerprint density at radius 3 is 1.56 bits per heavy atom. The lowest BCUT2D eigenvalue weighted by molar-refractivity contribution is 0.0650. The zero-order valence-corrected chi connectivity index (χ0v) is 5.71. The fourth-order valence-corrected chi connectivity index (χ4v) is 0.231. The van der Waals surface area contributed by atoms with Gasteiger partial charge in [0.15, 0.2) is 0 Å². The standard InChI is InChI=1S/C4H10O3.ClHO/c5-1-3-7-4-2-6;1-2/h5-6H,1-4H2;2H. The van der Waals surface area contributed by atoms with Crippen molar-refractivity contribution in [1.82, 2.24) is 0 Å². The highest BCUT2D eigenvalue weighted by Gasteiger charge is 1.79. The largest absolute Gasteiger partial charge is 0.394 e. The maximum absolute atomic E-state index is 8.09. The minimum absolute atomic E-state index is 0.0278. The van der Waals surface area contributed by atoms with E-state index in [-0.39, 0.29) is 13.2 Å². The van der Waals surface area contributed by atoms with Gasteiger partial charge in [-0.2, -0.15) is 0 Å². The number of aliphatic hydroxyl groups is 2. The summed E-state index contributed by atoms with van der Waals surface area (Å²) in [5.41, 5.74) is 0. The van der Waals surface area contributed by atoms with E-state index in [1.807, 2.05) is 0 Å². The summed E-state index contributed by atoms with van der Waals surface area (Å²) in [7, 11) is 0. The van der Waals surface area contributed by atoms with Gasteiger partial charge in [0, 0.05) is 0 Å². The van der Waals surface area contributed by atoms with Gasteiger partial charge in [-0.15, -0.1) is 0 Å². The van der Waals surface area contributed by atoms with E-state index in [1.54, 1.807) is 0 Å². The zero-order chi connectivity index (χ0) is 7.54. The van der Waals surface area contributed by atoms with Crippen LogP contribution in [0.2, 0.25) is 0 Å². The number of rotatable bonds is 4. The summed E-state index contributed by atoms with van der Waals surface area (Å²) in [5.74, 6) is 0. The molecule has 0 unspecified atom stereocenters. The first kappa shape index (κ1) is 11.9. The van der Waals surface area contributed by atoms with Gasteiger partial charge in [-0.05, 0) is 0 Å². The molecule has 0 aliphatic heterocycles. The summed E-state index contributed by atoms with van der Waals surface area (Å²) in [6.07, 6.45) is 0. The van der Waals surface area contributed by atoms with Gasteiger partial charge in [-0.25, -0.2) is 0 Å². The van der Waals surface area contributed by atoms with Gasteiger partial charge >= 0.3 is 0 Å². The highest BCUT2D eigenvalue weighted by Crippen LogP contribution is 1.68. The van der Waals surface area contributed by atoms with Crippen molar-refractivity contribution in [2.75, 3.05) is 26.4 Å². The van der Waals surface area contributed by atoms with Crippen LogP contribution >= 0.6 is 11.9 Å². The van der Waals surface area contributed by atoms with Gasteiger partial charge in [0.1, 0.15) is 0 Å². The number of aliphatic hydroxyl groups excluding tert-OH is 2. The maximum Gasteiger partial charge on any atom is 0.0698 e. The molecule has 0 bridgehead atoms. The van der Waals surface area contributed by atoms with Crippen LogP contribution in [-0.2, 0) is 4.74 Å². The van der Waals surface area contributed by atoms with Crippen molar-refractivity contribution < 1.29 is 19.6 Å². The Kier molecular flexibility index (Phi) is 20.7. The lowest BCUT2D eigenvalue weighted by atomic mass is 10.7. The summed E-state index contributed by atoms with van der Waals surface area (Å²) in [4.78, 5) is 0. The molecule has 0 radical (unpaired) electrons. The van der Waals surface area contributed by atoms with E-state index in [0.717, 1.165) is 0 Å². The van der Waals surface area contributed by atoms with Crippen molar-refractivity contribution >= 4 is 11.9 Å². The summed E-state index contributed by atoms with van der Waals surface area (Å²) >= 11 is 3.64. The maximum atomic E-state index is 8.09. The Balaban J connectivity index is 0. The van der Waals surface area contributed by atoms with Crippen LogP contribution in [0.25, 0.3) is 0 Å². The Morgan fingerprint density at radius 2 is 1.33 bits per heavy atom. The number of hydrogen-bond acceptors (Lipinski definition) is 4. The van der Waals surface area contributed by atoms with Gasteiger partial charge in [0.05, 0.1) is 38.3 Å². The molecule has 0 rings (SSSR count). The first-order valence-corrected chi connectivity index (χ1v) is 2.72. The minimum Gasteiger partial charge on any atom is -0.394 e. The van der Waals surface area contributed by atoms with Crippen molar-refractivity contribution in [3.63, 3.8) is 0 Å². The molecule has 0 saturated heterocycles. The van der Waals surface area contributed by atoms with Crippen LogP contribution in [0, 0.1) is 0 Å². The predicted molar refractivity (Wildman–Crippen MR) is 33.1 cm³/mol. The number of halogens is 1. The fourth-order valence-electron chi connectivity index (χ4n) is 0.231. The van der Waals surface area contributed by atoms with Gasteiger partial charge in [0.25, 0.3) is 0 Å². The van der Waals surface area contributed by atoms with E-state index in [0.29, 0.717) is 13.2 Å². The Bertz CT molecular complexity index is 31.7. The summed E-state index contributed by atoms with van der Waals surface area (Å²) < 4.78 is 11.1. The Hall–Kier alpha value is 0.130. The van der Waals surface area contributed by atoms with E-state index in [2.05, 4.69) is 16.6 Å². The second-order valence-corrected chi connectivity index (χ2v) is 1.06. The van der Waals surface area contributed by atoms with Crippen molar-refractivity contribution in [2.45, 2.75) is 0 Å². The van der Waals surface area contributed by atoms with Crippen LogP contribution in [0.3, 0.4) is 0 Å². The molecule has 0 atom stereocenters. The summed E-state index contributed by atoms with van der Waals surface area (Å²) in [6.45, 7) is 0.696. The lowest BCUT2D eigenvalue weighted by Gasteiger charge is -1.94. The van der Waals surface area contributed by atoms with E-state index in [4.69, 9.17) is 14.9 Å². The molecule has 0 spiro atoms. The van der Waals surface area contributed by atoms with E-state index in [9.17, 15) is 0 Å². The first-order valence-electron chi connectivity index (χ1n) is 2.38. The van der Waals surface area contributed by atoms with Gasteiger partial charge in [-0.1, -0.05) is 0 Å². The van der Waals surface area contributed by atoms with Crippen LogP contribution in [0.4, 0.5) is 0 Å². The van der Waals surface area contributed by atoms with E-state index >= 15 is 0 Å². The monoisotopic (exact) mass is 158 g/mol. The molecule has 0 fully saturated rings. The molecule has 0 aromatic rings. The molecule has 0 aromatic carbocycles. The molecular formula is C4H11ClO4. The van der Waals surface area contributed by atoms with Crippen LogP contribution in [0.5, 0.6) is 0 Å². The molecule has 3 N–H and O–H groups in total. The smallest absolute Gasteiger partial charge is 0.0698 e. The second kappa shape index (κ2) is 15.7. The summed E-state index contributed by atoms with van der Waals surface area (Å²) in [5, 5.41) is 16.2. The van der Waals surface area contributed by atoms with Gasteiger partial charge in [0.2, 0.25) is 0 Å². The Labute approximate surface area is 58.8 Å². The summed E-state index contributed by atoms with van der Waals surface area (Å²) in [6, 6.07) is 0. The van der Waals surface area contributed by atoms with Crippen molar-refractivity contribution in [3.8, 4) is 0 Å². The molecule has 0 saturated carbocycles. The topological polar surface area (TPSA) is 69.9 Å². The molecular weight excluding hydrogens is 147 g/mol. The lowest BCUT2D eigenvalue weighted by Crippen LogP contribution is -2.03. The molecule has 0 aromatic heterocycles. The molecule has 0 aliphatic carbocycles. The van der Waals surface area contributed by atoms with Gasteiger partial charge < -0.3 is 14.9 Å². The van der Waals surface area contributed by atoms with Crippen LogP contribution in [0.15, 0.2) is 0 Å². The first-order chi connectivity index (χ1) is 4.41. The average molecular weight is 159 g/mol. The molecule has 0 heterocycles. The van der Waals surface area contributed by atoms with Crippen molar-refractivity contribution in [1.29, 1.82) is 0 Å². The third kappa shape index (κ3) is 17.9. The zero-order valence-electron chi connectivity index (χ0n) is 4.96. The van der Waals surface area contributed by atoms with Crippen LogP contribution in [0.1, 0.15) is 0 Å². The highest BCUT2D eigenvalue weighted by molar-refractivity contribution is 6.04. The van der Waals surface area contributed by atoms with Crippen LogP contribution < -0.4 is 0 Å². The van der Waals surface area contributed by atoms with Crippen molar-refractivity contribution in [2.24, 2.45) is 0 Å². The number of ether oxygens (including phenoxy) is 1. The van der Waals surface area contributed by atoms with Crippen LogP contribution in [-0.4, -0.2) is 41.3 Å². The molecule has 9 heavy (non-hydrogen) atoms. The third-order valence-electron chi connectivity index (χ3n) is 0.471. The molecule has 0 aliphatic rings. The SMILES string of the molecule is OCCOCCO.OCl. The molecule has 4 nitrogen and oxygen atoms in total. The average Bonchev–Trinajstić information content (AvgIpc) is 1.94. The normalized spacial score (nSPS) is 8.00. The van der Waals surface area contributed by atoms with E-state index in [1.165, 1.54) is 0 Å². The molecule has 58 valence electrons. The molecule has 5 heteroatoms. The second-order valence-electron chi connectivity index (χ2n) is 1.06. The quantitative estimate of drug-likeness (QED) is 0.465. The molecule has 0 amide bonds. The van der Waals surface area contributed by atoms with E-state index < -0.39 is 0 Å². The van der Waals surface area contributed by atoms with Gasteiger partial charge in [-0.3, -0.25) is 4.66 Å². The fraction of sp³-hybridized carbons (Fsp3) is 1.00.